The fourth-order valence-electron chi connectivity index (χ4n) is 4.51. The highest BCUT2D eigenvalue weighted by Crippen LogP contribution is 2.47. The SMILES string of the molecule is Nc1ccccc1C(=O)NC1c2ccccc2-c2c(-c3nc4ccncc4[nH]3)cccc21. The third kappa shape index (κ3) is 2.77. The molecule has 154 valence electrons. The van der Waals surface area contributed by atoms with Crippen LogP contribution in [0, 0.1) is 0 Å². The molecule has 5 aromatic rings. The van der Waals surface area contributed by atoms with E-state index in [1.54, 1.807) is 24.5 Å². The van der Waals surface area contributed by atoms with Gasteiger partial charge in [0.1, 0.15) is 5.82 Å². The minimum Gasteiger partial charge on any atom is -0.398 e. The van der Waals surface area contributed by atoms with Crippen LogP contribution in [0.1, 0.15) is 27.5 Å². The van der Waals surface area contributed by atoms with Crippen LogP contribution in [0.3, 0.4) is 0 Å². The maximum atomic E-state index is 13.1. The number of fused-ring (bicyclic) bond motifs is 4. The fourth-order valence-corrected chi connectivity index (χ4v) is 4.51. The maximum absolute atomic E-state index is 13.1. The highest BCUT2D eigenvalue weighted by Gasteiger charge is 2.32. The van der Waals surface area contributed by atoms with Crippen molar-refractivity contribution in [3.63, 3.8) is 0 Å². The summed E-state index contributed by atoms with van der Waals surface area (Å²) in [6.45, 7) is 0. The van der Waals surface area contributed by atoms with E-state index >= 15 is 0 Å². The van der Waals surface area contributed by atoms with E-state index in [9.17, 15) is 4.79 Å². The van der Waals surface area contributed by atoms with E-state index in [0.717, 1.165) is 44.7 Å². The number of hydrogen-bond donors (Lipinski definition) is 3. The highest BCUT2D eigenvalue weighted by atomic mass is 16.1. The molecule has 6 heteroatoms. The summed E-state index contributed by atoms with van der Waals surface area (Å²) < 4.78 is 0. The molecule has 1 amide bonds. The standard InChI is InChI=1S/C26H19N5O/c27-20-11-4-3-8-17(20)26(32)31-24-16-7-2-1-6-15(16)23-18(24)9-5-10-19(23)25-29-21-12-13-28-14-22(21)30-25/h1-14,24H,27H2,(H,29,30)(H,31,32). The van der Waals surface area contributed by atoms with Crippen molar-refractivity contribution >= 4 is 22.6 Å². The number of aromatic amines is 1. The van der Waals surface area contributed by atoms with Crippen molar-refractivity contribution in [1.29, 1.82) is 0 Å². The second-order valence-electron chi connectivity index (χ2n) is 7.83. The minimum absolute atomic E-state index is 0.198. The zero-order valence-corrected chi connectivity index (χ0v) is 17.0. The smallest absolute Gasteiger partial charge is 0.254 e. The number of para-hydroxylation sites is 1. The van der Waals surface area contributed by atoms with Crippen molar-refractivity contribution in [2.24, 2.45) is 0 Å². The molecule has 1 unspecified atom stereocenters. The molecule has 1 atom stereocenters. The van der Waals surface area contributed by atoms with Crippen molar-refractivity contribution in [3.8, 4) is 22.5 Å². The molecule has 0 bridgehead atoms. The number of amides is 1. The number of anilines is 1. The number of nitrogens with zero attached hydrogens (tertiary/aromatic N) is 2. The number of rotatable bonds is 3. The summed E-state index contributed by atoms with van der Waals surface area (Å²) in [6, 6.07) is 23.0. The Morgan fingerprint density at radius 2 is 1.69 bits per heavy atom. The van der Waals surface area contributed by atoms with Gasteiger partial charge in [0.15, 0.2) is 0 Å². The van der Waals surface area contributed by atoms with E-state index in [2.05, 4.69) is 39.6 Å². The molecule has 0 saturated carbocycles. The number of carbonyl (C=O) groups excluding carboxylic acids is 1. The summed E-state index contributed by atoms with van der Waals surface area (Å²) in [7, 11) is 0. The molecule has 0 spiro atoms. The summed E-state index contributed by atoms with van der Waals surface area (Å²) in [5, 5.41) is 3.19. The molecule has 2 heterocycles. The number of nitrogen functional groups attached to an aromatic ring is 1. The van der Waals surface area contributed by atoms with Crippen LogP contribution in [0.4, 0.5) is 5.69 Å². The highest BCUT2D eigenvalue weighted by molar-refractivity contribution is 6.00. The number of pyridine rings is 1. The third-order valence-electron chi connectivity index (χ3n) is 5.97. The Balaban J connectivity index is 1.49. The average Bonchev–Trinajstić information content (AvgIpc) is 3.39. The largest absolute Gasteiger partial charge is 0.398 e. The molecule has 3 aromatic carbocycles. The first-order valence-corrected chi connectivity index (χ1v) is 10.4. The molecule has 1 aliphatic carbocycles. The number of benzene rings is 3. The molecular formula is C26H19N5O. The molecule has 0 fully saturated rings. The minimum atomic E-state index is -0.278. The Morgan fingerprint density at radius 1 is 0.906 bits per heavy atom. The number of imidazole rings is 1. The van der Waals surface area contributed by atoms with Gasteiger partial charge in [0.05, 0.1) is 28.8 Å². The Bertz CT molecular complexity index is 1470. The molecule has 0 radical (unpaired) electrons. The van der Waals surface area contributed by atoms with Gasteiger partial charge in [0.2, 0.25) is 0 Å². The van der Waals surface area contributed by atoms with Gasteiger partial charge in [-0.25, -0.2) is 4.98 Å². The number of carbonyl (C=O) groups is 1. The topological polar surface area (TPSA) is 96.7 Å². The molecule has 4 N–H and O–H groups in total. The van der Waals surface area contributed by atoms with Crippen LogP contribution in [0.2, 0.25) is 0 Å². The lowest BCUT2D eigenvalue weighted by Crippen LogP contribution is -2.28. The van der Waals surface area contributed by atoms with Gasteiger partial charge in [-0.15, -0.1) is 0 Å². The first kappa shape index (κ1) is 18.3. The summed E-state index contributed by atoms with van der Waals surface area (Å²) in [5.74, 6) is 0.579. The number of nitrogens with one attached hydrogen (secondary N) is 2. The van der Waals surface area contributed by atoms with Crippen LogP contribution in [0.15, 0.2) is 85.2 Å². The van der Waals surface area contributed by atoms with Gasteiger partial charge in [-0.1, -0.05) is 54.6 Å². The molecule has 0 saturated heterocycles. The lowest BCUT2D eigenvalue weighted by Gasteiger charge is -2.17. The van der Waals surface area contributed by atoms with Crippen molar-refractivity contribution in [1.82, 2.24) is 20.3 Å². The lowest BCUT2D eigenvalue weighted by molar-refractivity contribution is 0.0944. The van der Waals surface area contributed by atoms with Gasteiger partial charge in [0, 0.05) is 17.4 Å². The van der Waals surface area contributed by atoms with Crippen molar-refractivity contribution < 1.29 is 4.79 Å². The van der Waals surface area contributed by atoms with Crippen molar-refractivity contribution in [2.45, 2.75) is 6.04 Å². The Morgan fingerprint density at radius 3 is 2.56 bits per heavy atom. The first-order chi connectivity index (χ1) is 15.7. The molecule has 6 rings (SSSR count). The zero-order chi connectivity index (χ0) is 21.7. The molecular weight excluding hydrogens is 398 g/mol. The van der Waals surface area contributed by atoms with Crippen molar-refractivity contribution in [3.05, 3.63) is 102 Å². The van der Waals surface area contributed by atoms with Crippen LogP contribution < -0.4 is 11.1 Å². The van der Waals surface area contributed by atoms with Gasteiger partial charge >= 0.3 is 0 Å². The fraction of sp³-hybridized carbons (Fsp3) is 0.0385. The Kier molecular flexibility index (Phi) is 4.04. The van der Waals surface area contributed by atoms with Crippen LogP contribution in [-0.2, 0) is 0 Å². The predicted octanol–water partition coefficient (Wildman–Crippen LogP) is 4.71. The van der Waals surface area contributed by atoms with E-state index in [0.29, 0.717) is 11.3 Å². The third-order valence-corrected chi connectivity index (χ3v) is 5.97. The second-order valence-corrected chi connectivity index (χ2v) is 7.83. The van der Waals surface area contributed by atoms with Crippen molar-refractivity contribution in [2.75, 3.05) is 5.73 Å². The molecule has 1 aliphatic rings. The maximum Gasteiger partial charge on any atom is 0.254 e. The van der Waals surface area contributed by atoms with E-state index in [-0.39, 0.29) is 11.9 Å². The quantitative estimate of drug-likeness (QED) is 0.371. The van der Waals surface area contributed by atoms with Gasteiger partial charge in [-0.05, 0) is 40.5 Å². The van der Waals surface area contributed by atoms with Crippen LogP contribution in [-0.4, -0.2) is 20.9 Å². The van der Waals surface area contributed by atoms with Gasteiger partial charge < -0.3 is 16.0 Å². The van der Waals surface area contributed by atoms with E-state index in [4.69, 9.17) is 10.7 Å². The monoisotopic (exact) mass is 417 g/mol. The predicted molar refractivity (Wildman–Crippen MR) is 125 cm³/mol. The normalized spacial score (nSPS) is 14.2. The first-order valence-electron chi connectivity index (χ1n) is 10.4. The van der Waals surface area contributed by atoms with E-state index < -0.39 is 0 Å². The summed E-state index contributed by atoms with van der Waals surface area (Å²) in [5.41, 5.74) is 14.0. The summed E-state index contributed by atoms with van der Waals surface area (Å²) in [4.78, 5) is 25.4. The number of H-pyrrole nitrogens is 1. The molecule has 6 nitrogen and oxygen atoms in total. The van der Waals surface area contributed by atoms with Gasteiger partial charge in [-0.2, -0.15) is 0 Å². The van der Waals surface area contributed by atoms with E-state index in [1.807, 2.05) is 36.4 Å². The lowest BCUT2D eigenvalue weighted by atomic mass is 9.98. The second kappa shape index (κ2) is 7.06. The Hall–Kier alpha value is -4.45. The molecule has 32 heavy (non-hydrogen) atoms. The number of hydrogen-bond acceptors (Lipinski definition) is 4. The van der Waals surface area contributed by atoms with Crippen LogP contribution >= 0.6 is 0 Å². The summed E-state index contributed by atoms with van der Waals surface area (Å²) in [6.07, 6.45) is 3.51. The zero-order valence-electron chi connectivity index (χ0n) is 17.0. The molecule has 0 aliphatic heterocycles. The average molecular weight is 417 g/mol. The number of nitrogens with two attached hydrogens (primary N) is 1. The summed E-state index contributed by atoms with van der Waals surface area (Å²) >= 11 is 0. The number of aromatic nitrogens is 3. The Labute approximate surface area is 184 Å². The van der Waals surface area contributed by atoms with Crippen LogP contribution in [0.5, 0.6) is 0 Å². The molecule has 2 aromatic heterocycles. The van der Waals surface area contributed by atoms with Gasteiger partial charge in [-0.3, -0.25) is 9.78 Å². The van der Waals surface area contributed by atoms with E-state index in [1.165, 1.54) is 0 Å². The van der Waals surface area contributed by atoms with Gasteiger partial charge in [0.25, 0.3) is 5.91 Å². The van der Waals surface area contributed by atoms with Crippen LogP contribution in [0.25, 0.3) is 33.5 Å².